The number of hydrogen-bond acceptors (Lipinski definition) is 3. The predicted molar refractivity (Wildman–Crippen MR) is 64.2 cm³/mol. The summed E-state index contributed by atoms with van der Waals surface area (Å²) in [6.07, 6.45) is 2.45. The van der Waals surface area contributed by atoms with Gasteiger partial charge in [0.2, 0.25) is 0 Å². The van der Waals surface area contributed by atoms with Gasteiger partial charge in [-0.1, -0.05) is 0 Å². The van der Waals surface area contributed by atoms with Crippen molar-refractivity contribution in [2.45, 2.75) is 32.2 Å². The molecule has 0 bridgehead atoms. The van der Waals surface area contributed by atoms with Gasteiger partial charge >= 0.3 is 0 Å². The number of nitrogens with zero attached hydrogens (tertiary/aromatic N) is 1. The van der Waals surface area contributed by atoms with Crippen molar-refractivity contribution < 1.29 is 4.74 Å². The van der Waals surface area contributed by atoms with Crippen LogP contribution in [-0.2, 0) is 4.74 Å². The van der Waals surface area contributed by atoms with Crippen LogP contribution in [0, 0.1) is 5.92 Å². The molecule has 0 spiro atoms. The highest BCUT2D eigenvalue weighted by Crippen LogP contribution is 2.32. The molecule has 1 aliphatic heterocycles. The van der Waals surface area contributed by atoms with Gasteiger partial charge in [-0.25, -0.2) is 0 Å². The first-order valence-corrected chi connectivity index (χ1v) is 5.98. The van der Waals surface area contributed by atoms with Gasteiger partial charge in [0, 0.05) is 32.3 Å². The highest BCUT2D eigenvalue weighted by atomic mass is 16.5. The fourth-order valence-corrected chi connectivity index (χ4v) is 2.68. The molecule has 1 atom stereocenters. The van der Waals surface area contributed by atoms with Crippen LogP contribution in [-0.4, -0.2) is 50.8 Å². The number of likely N-dealkylation sites (tertiary alicyclic amines) is 1. The van der Waals surface area contributed by atoms with Crippen LogP contribution in [0.5, 0.6) is 0 Å². The van der Waals surface area contributed by atoms with E-state index in [1.165, 1.54) is 19.5 Å². The van der Waals surface area contributed by atoms with Crippen molar-refractivity contribution >= 4 is 0 Å². The third-order valence-corrected chi connectivity index (χ3v) is 3.39. The molecule has 0 aromatic carbocycles. The zero-order valence-corrected chi connectivity index (χ0v) is 10.7. The first kappa shape index (κ1) is 12.9. The second kappa shape index (κ2) is 5.83. The van der Waals surface area contributed by atoms with Crippen LogP contribution in [0.15, 0.2) is 0 Å². The average Bonchev–Trinajstić information content (AvgIpc) is 2.42. The molecule has 1 saturated heterocycles. The lowest BCUT2D eigenvalue weighted by Gasteiger charge is -2.31. The maximum atomic E-state index is 5.11. The first-order valence-electron chi connectivity index (χ1n) is 5.98. The van der Waals surface area contributed by atoms with Gasteiger partial charge < -0.3 is 10.1 Å². The van der Waals surface area contributed by atoms with Gasteiger partial charge in [0.1, 0.15) is 0 Å². The third-order valence-electron chi connectivity index (χ3n) is 3.39. The van der Waals surface area contributed by atoms with Crippen molar-refractivity contribution in [2.75, 3.05) is 40.4 Å². The lowest BCUT2D eigenvalue weighted by molar-refractivity contribution is 0.137. The molecule has 0 aromatic heterocycles. The van der Waals surface area contributed by atoms with Crippen molar-refractivity contribution in [1.29, 1.82) is 0 Å². The summed E-state index contributed by atoms with van der Waals surface area (Å²) in [4.78, 5) is 2.61. The van der Waals surface area contributed by atoms with Crippen LogP contribution in [0.3, 0.4) is 0 Å². The Balaban J connectivity index is 2.36. The third kappa shape index (κ3) is 3.74. The van der Waals surface area contributed by atoms with Gasteiger partial charge in [0.25, 0.3) is 0 Å². The summed E-state index contributed by atoms with van der Waals surface area (Å²) in [5.74, 6) is 0.813. The average molecular weight is 214 g/mol. The maximum Gasteiger partial charge on any atom is 0.0474 e. The predicted octanol–water partition coefficient (Wildman–Crippen LogP) is 1.34. The normalized spacial score (nSPS) is 26.0. The standard InChI is InChI=1S/C12H26N2O/c1-12(2)8-11(9-13-3)10-14(12)6-5-7-15-4/h11,13H,5-10H2,1-4H3. The van der Waals surface area contributed by atoms with Crippen molar-refractivity contribution in [3.05, 3.63) is 0 Å². The van der Waals surface area contributed by atoms with E-state index in [9.17, 15) is 0 Å². The Morgan fingerprint density at radius 2 is 2.20 bits per heavy atom. The van der Waals surface area contributed by atoms with Crippen LogP contribution < -0.4 is 5.32 Å². The van der Waals surface area contributed by atoms with E-state index in [2.05, 4.69) is 24.1 Å². The Morgan fingerprint density at radius 3 is 2.80 bits per heavy atom. The van der Waals surface area contributed by atoms with Gasteiger partial charge in [-0.05, 0) is 46.2 Å². The second-order valence-corrected chi connectivity index (χ2v) is 5.23. The second-order valence-electron chi connectivity index (χ2n) is 5.23. The van der Waals surface area contributed by atoms with Gasteiger partial charge in [0.15, 0.2) is 0 Å². The SMILES string of the molecule is CNCC1CN(CCCOC)C(C)(C)C1. The van der Waals surface area contributed by atoms with Crippen molar-refractivity contribution in [1.82, 2.24) is 10.2 Å². The highest BCUT2D eigenvalue weighted by molar-refractivity contribution is 4.93. The van der Waals surface area contributed by atoms with Crippen LogP contribution >= 0.6 is 0 Å². The molecule has 1 rings (SSSR count). The van der Waals surface area contributed by atoms with E-state index in [4.69, 9.17) is 4.74 Å². The topological polar surface area (TPSA) is 24.5 Å². The highest BCUT2D eigenvalue weighted by Gasteiger charge is 2.37. The van der Waals surface area contributed by atoms with E-state index < -0.39 is 0 Å². The number of rotatable bonds is 6. The van der Waals surface area contributed by atoms with E-state index in [-0.39, 0.29) is 0 Å². The summed E-state index contributed by atoms with van der Waals surface area (Å²) >= 11 is 0. The Hall–Kier alpha value is -0.120. The number of hydrogen-bond donors (Lipinski definition) is 1. The molecule has 0 aliphatic carbocycles. The first-order chi connectivity index (χ1) is 7.10. The van der Waals surface area contributed by atoms with Crippen molar-refractivity contribution in [3.8, 4) is 0 Å². The zero-order valence-electron chi connectivity index (χ0n) is 10.7. The van der Waals surface area contributed by atoms with E-state index in [0.29, 0.717) is 5.54 Å². The Kier molecular flexibility index (Phi) is 5.03. The molecule has 1 aliphatic rings. The summed E-state index contributed by atoms with van der Waals surface area (Å²) in [6, 6.07) is 0. The molecule has 3 nitrogen and oxygen atoms in total. The Morgan fingerprint density at radius 1 is 1.47 bits per heavy atom. The van der Waals surface area contributed by atoms with Crippen molar-refractivity contribution in [2.24, 2.45) is 5.92 Å². The van der Waals surface area contributed by atoms with Gasteiger partial charge in [-0.3, -0.25) is 4.90 Å². The molecule has 0 radical (unpaired) electrons. The molecule has 0 aromatic rings. The summed E-state index contributed by atoms with van der Waals surface area (Å²) in [5, 5.41) is 3.28. The lowest BCUT2D eigenvalue weighted by Crippen LogP contribution is -2.39. The fourth-order valence-electron chi connectivity index (χ4n) is 2.68. The molecule has 1 unspecified atom stereocenters. The molecule has 90 valence electrons. The van der Waals surface area contributed by atoms with Crippen LogP contribution in [0.1, 0.15) is 26.7 Å². The zero-order chi connectivity index (χ0) is 11.3. The van der Waals surface area contributed by atoms with Gasteiger partial charge in [-0.2, -0.15) is 0 Å². The minimum Gasteiger partial charge on any atom is -0.385 e. The molecule has 1 N–H and O–H groups in total. The minimum atomic E-state index is 0.370. The minimum absolute atomic E-state index is 0.370. The van der Waals surface area contributed by atoms with Crippen LogP contribution in [0.25, 0.3) is 0 Å². The smallest absolute Gasteiger partial charge is 0.0474 e. The van der Waals surface area contributed by atoms with Gasteiger partial charge in [-0.15, -0.1) is 0 Å². The van der Waals surface area contributed by atoms with E-state index in [1.807, 2.05) is 7.05 Å². The molecule has 0 saturated carbocycles. The fraction of sp³-hybridized carbons (Fsp3) is 1.00. The molecular formula is C12H26N2O. The number of methoxy groups -OCH3 is 1. The summed E-state index contributed by atoms with van der Waals surface area (Å²) in [7, 11) is 3.82. The molecule has 15 heavy (non-hydrogen) atoms. The largest absolute Gasteiger partial charge is 0.385 e. The summed E-state index contributed by atoms with van der Waals surface area (Å²) in [6.45, 7) is 9.14. The van der Waals surface area contributed by atoms with Crippen LogP contribution in [0.4, 0.5) is 0 Å². The molecule has 3 heteroatoms. The molecule has 1 heterocycles. The Labute approximate surface area is 94.2 Å². The quantitative estimate of drug-likeness (QED) is 0.675. The van der Waals surface area contributed by atoms with Gasteiger partial charge in [0.05, 0.1) is 0 Å². The monoisotopic (exact) mass is 214 g/mol. The van der Waals surface area contributed by atoms with Crippen LogP contribution in [0.2, 0.25) is 0 Å². The lowest BCUT2D eigenvalue weighted by atomic mass is 9.96. The Bertz CT molecular complexity index is 182. The van der Waals surface area contributed by atoms with E-state index in [0.717, 1.165) is 25.5 Å². The molecule has 0 amide bonds. The van der Waals surface area contributed by atoms with E-state index in [1.54, 1.807) is 7.11 Å². The van der Waals surface area contributed by atoms with E-state index >= 15 is 0 Å². The maximum absolute atomic E-state index is 5.11. The van der Waals surface area contributed by atoms with Crippen molar-refractivity contribution in [3.63, 3.8) is 0 Å². The summed E-state index contributed by atoms with van der Waals surface area (Å²) < 4.78 is 5.11. The number of nitrogens with one attached hydrogen (secondary N) is 1. The summed E-state index contributed by atoms with van der Waals surface area (Å²) in [5.41, 5.74) is 0.370. The molecule has 1 fully saturated rings. The molecular weight excluding hydrogens is 188 g/mol. The number of ether oxygens (including phenoxy) is 1.